The zero-order chi connectivity index (χ0) is 14.5. The summed E-state index contributed by atoms with van der Waals surface area (Å²) < 4.78 is 4.68. The molecule has 0 radical (unpaired) electrons. The highest BCUT2D eigenvalue weighted by Crippen LogP contribution is 2.09. The van der Waals surface area contributed by atoms with Crippen molar-refractivity contribution < 1.29 is 14.3 Å². The number of aryl methyl sites for hydroxylation is 1. The lowest BCUT2D eigenvalue weighted by atomic mass is 10.1. The lowest BCUT2D eigenvalue weighted by molar-refractivity contribution is -0.132. The zero-order valence-electron chi connectivity index (χ0n) is 12.0. The first-order chi connectivity index (χ1) is 9.60. The van der Waals surface area contributed by atoms with Gasteiger partial charge in [-0.3, -0.25) is 4.79 Å². The first-order valence-electron chi connectivity index (χ1n) is 6.76. The van der Waals surface area contributed by atoms with Crippen LogP contribution in [0.5, 0.6) is 0 Å². The Morgan fingerprint density at radius 1 is 1.05 bits per heavy atom. The van der Waals surface area contributed by atoms with E-state index in [-0.39, 0.29) is 12.0 Å². The van der Waals surface area contributed by atoms with Gasteiger partial charge in [0.15, 0.2) is 0 Å². The van der Waals surface area contributed by atoms with Crippen LogP contribution in [0, 0.1) is 6.92 Å². The van der Waals surface area contributed by atoms with Crippen molar-refractivity contribution in [3.8, 4) is 0 Å². The maximum absolute atomic E-state index is 12.2. The number of piperazine rings is 1. The predicted molar refractivity (Wildman–Crippen MR) is 75.4 cm³/mol. The van der Waals surface area contributed by atoms with E-state index in [0.717, 1.165) is 5.56 Å². The van der Waals surface area contributed by atoms with Crippen LogP contribution < -0.4 is 0 Å². The summed E-state index contributed by atoms with van der Waals surface area (Å²) in [5, 5.41) is 0. The number of hydrogen-bond acceptors (Lipinski definition) is 3. The highest BCUT2D eigenvalue weighted by Gasteiger charge is 2.24. The summed E-state index contributed by atoms with van der Waals surface area (Å²) in [4.78, 5) is 27.0. The topological polar surface area (TPSA) is 49.9 Å². The van der Waals surface area contributed by atoms with Crippen molar-refractivity contribution in [1.82, 2.24) is 9.80 Å². The third-order valence-electron chi connectivity index (χ3n) is 3.54. The Morgan fingerprint density at radius 2 is 1.60 bits per heavy atom. The minimum atomic E-state index is -0.323. The zero-order valence-corrected chi connectivity index (χ0v) is 12.0. The third kappa shape index (κ3) is 3.50. The summed E-state index contributed by atoms with van der Waals surface area (Å²) in [5.41, 5.74) is 2.21. The Morgan fingerprint density at radius 3 is 2.15 bits per heavy atom. The quantitative estimate of drug-likeness (QED) is 0.821. The molecule has 2 rings (SSSR count). The molecule has 108 valence electrons. The second-order valence-electron chi connectivity index (χ2n) is 5.00. The van der Waals surface area contributed by atoms with Gasteiger partial charge >= 0.3 is 6.09 Å². The van der Waals surface area contributed by atoms with Crippen molar-refractivity contribution in [3.63, 3.8) is 0 Å². The molecule has 0 aliphatic carbocycles. The fourth-order valence-corrected chi connectivity index (χ4v) is 2.26. The van der Waals surface area contributed by atoms with Gasteiger partial charge in [0.25, 0.3) is 0 Å². The summed E-state index contributed by atoms with van der Waals surface area (Å²) in [6, 6.07) is 7.99. The molecule has 1 aliphatic rings. The maximum Gasteiger partial charge on any atom is 0.409 e. The Bertz CT molecular complexity index is 476. The van der Waals surface area contributed by atoms with Crippen LogP contribution >= 0.6 is 0 Å². The number of ether oxygens (including phenoxy) is 1. The summed E-state index contributed by atoms with van der Waals surface area (Å²) in [6.07, 6.45) is 0.0917. The van der Waals surface area contributed by atoms with E-state index in [9.17, 15) is 9.59 Å². The van der Waals surface area contributed by atoms with E-state index >= 15 is 0 Å². The van der Waals surface area contributed by atoms with Gasteiger partial charge in [0.05, 0.1) is 13.5 Å². The maximum atomic E-state index is 12.2. The van der Waals surface area contributed by atoms with E-state index in [1.54, 1.807) is 9.80 Å². The molecule has 0 unspecified atom stereocenters. The summed E-state index contributed by atoms with van der Waals surface area (Å²) in [5.74, 6) is 0.110. The monoisotopic (exact) mass is 276 g/mol. The molecule has 1 saturated heterocycles. The second-order valence-corrected chi connectivity index (χ2v) is 5.00. The molecule has 1 heterocycles. The van der Waals surface area contributed by atoms with Crippen LogP contribution in [-0.2, 0) is 16.0 Å². The van der Waals surface area contributed by atoms with E-state index in [1.807, 2.05) is 31.2 Å². The van der Waals surface area contributed by atoms with Gasteiger partial charge in [-0.25, -0.2) is 4.79 Å². The van der Waals surface area contributed by atoms with Gasteiger partial charge in [-0.2, -0.15) is 0 Å². The molecule has 1 aromatic rings. The van der Waals surface area contributed by atoms with Crippen molar-refractivity contribution in [2.24, 2.45) is 0 Å². The van der Waals surface area contributed by atoms with Crippen molar-refractivity contribution in [1.29, 1.82) is 0 Å². The van der Waals surface area contributed by atoms with E-state index in [2.05, 4.69) is 4.74 Å². The fraction of sp³-hybridized carbons (Fsp3) is 0.467. The van der Waals surface area contributed by atoms with E-state index in [1.165, 1.54) is 12.7 Å². The summed E-state index contributed by atoms with van der Waals surface area (Å²) in [6.45, 7) is 4.23. The van der Waals surface area contributed by atoms with Gasteiger partial charge in [0, 0.05) is 26.2 Å². The number of benzene rings is 1. The molecular weight excluding hydrogens is 256 g/mol. The normalized spacial score (nSPS) is 15.1. The number of amides is 2. The molecule has 0 bridgehead atoms. The Kier molecular flexibility index (Phi) is 4.61. The fourth-order valence-electron chi connectivity index (χ4n) is 2.26. The van der Waals surface area contributed by atoms with Crippen LogP contribution in [-0.4, -0.2) is 55.1 Å². The molecule has 1 aliphatic heterocycles. The van der Waals surface area contributed by atoms with Crippen LogP contribution in [0.1, 0.15) is 11.1 Å². The lowest BCUT2D eigenvalue weighted by Crippen LogP contribution is -2.50. The van der Waals surface area contributed by atoms with Crippen molar-refractivity contribution in [2.45, 2.75) is 13.3 Å². The first kappa shape index (κ1) is 14.4. The van der Waals surface area contributed by atoms with Crippen LogP contribution in [0.3, 0.4) is 0 Å². The molecule has 0 spiro atoms. The predicted octanol–water partition coefficient (Wildman–Crippen LogP) is 1.45. The van der Waals surface area contributed by atoms with Crippen LogP contribution in [0.25, 0.3) is 0 Å². The van der Waals surface area contributed by atoms with Gasteiger partial charge in [-0.1, -0.05) is 29.8 Å². The third-order valence-corrected chi connectivity index (χ3v) is 3.54. The van der Waals surface area contributed by atoms with E-state index < -0.39 is 0 Å². The molecule has 5 nitrogen and oxygen atoms in total. The average Bonchev–Trinajstić information content (AvgIpc) is 2.49. The number of hydrogen-bond donors (Lipinski definition) is 0. The van der Waals surface area contributed by atoms with Gasteiger partial charge in [-0.15, -0.1) is 0 Å². The summed E-state index contributed by atoms with van der Waals surface area (Å²) in [7, 11) is 1.37. The minimum absolute atomic E-state index is 0.110. The van der Waals surface area contributed by atoms with Crippen LogP contribution in [0.4, 0.5) is 4.79 Å². The number of methoxy groups -OCH3 is 1. The van der Waals surface area contributed by atoms with Gasteiger partial charge in [0.2, 0.25) is 5.91 Å². The second kappa shape index (κ2) is 6.41. The Hall–Kier alpha value is -2.04. The van der Waals surface area contributed by atoms with E-state index in [0.29, 0.717) is 32.6 Å². The SMILES string of the molecule is COC(=O)N1CCN(C(=O)Cc2ccc(C)cc2)CC1. The van der Waals surface area contributed by atoms with Gasteiger partial charge < -0.3 is 14.5 Å². The number of nitrogens with zero attached hydrogens (tertiary/aromatic N) is 2. The van der Waals surface area contributed by atoms with Crippen molar-refractivity contribution >= 4 is 12.0 Å². The van der Waals surface area contributed by atoms with Crippen LogP contribution in [0.15, 0.2) is 24.3 Å². The molecule has 2 amide bonds. The molecular formula is C15H20N2O3. The van der Waals surface area contributed by atoms with Gasteiger partial charge in [-0.05, 0) is 12.5 Å². The standard InChI is InChI=1S/C15H20N2O3/c1-12-3-5-13(6-4-12)11-14(18)16-7-9-17(10-8-16)15(19)20-2/h3-6H,7-11H2,1-2H3. The molecule has 1 fully saturated rings. The average molecular weight is 276 g/mol. The number of carbonyl (C=O) groups is 2. The summed E-state index contributed by atoms with van der Waals surface area (Å²) >= 11 is 0. The molecule has 0 atom stereocenters. The van der Waals surface area contributed by atoms with Crippen molar-refractivity contribution in [3.05, 3.63) is 35.4 Å². The lowest BCUT2D eigenvalue weighted by Gasteiger charge is -2.33. The highest BCUT2D eigenvalue weighted by atomic mass is 16.5. The van der Waals surface area contributed by atoms with Gasteiger partial charge in [0.1, 0.15) is 0 Å². The first-order valence-corrected chi connectivity index (χ1v) is 6.76. The molecule has 20 heavy (non-hydrogen) atoms. The van der Waals surface area contributed by atoms with E-state index in [4.69, 9.17) is 0 Å². The molecule has 5 heteroatoms. The smallest absolute Gasteiger partial charge is 0.409 e. The molecule has 0 saturated carbocycles. The highest BCUT2D eigenvalue weighted by molar-refractivity contribution is 5.79. The molecule has 1 aromatic carbocycles. The van der Waals surface area contributed by atoms with Crippen molar-refractivity contribution in [2.75, 3.05) is 33.3 Å². The largest absolute Gasteiger partial charge is 0.453 e. The number of carbonyl (C=O) groups excluding carboxylic acids is 2. The molecule has 0 aromatic heterocycles. The van der Waals surface area contributed by atoms with Crippen LogP contribution in [0.2, 0.25) is 0 Å². The Balaban J connectivity index is 1.85. The number of rotatable bonds is 2. The minimum Gasteiger partial charge on any atom is -0.453 e. The molecule has 0 N–H and O–H groups in total. The Labute approximate surface area is 119 Å².